The Morgan fingerprint density at radius 1 is 1.20 bits per heavy atom. The van der Waals surface area contributed by atoms with Crippen molar-refractivity contribution < 1.29 is 9.53 Å². The van der Waals surface area contributed by atoms with E-state index in [-0.39, 0.29) is 12.8 Å². The lowest BCUT2D eigenvalue weighted by atomic mass is 10.2. The summed E-state index contributed by atoms with van der Waals surface area (Å²) in [6, 6.07) is 11.0. The highest BCUT2D eigenvalue weighted by Crippen LogP contribution is 2.11. The Balaban J connectivity index is 1.78. The number of ether oxygens (including phenoxy) is 1. The Bertz CT molecular complexity index is 582. The van der Waals surface area contributed by atoms with Crippen molar-refractivity contribution in [3.63, 3.8) is 0 Å². The monoisotopic (exact) mass is 271 g/mol. The fourth-order valence-corrected chi connectivity index (χ4v) is 1.59. The Labute approximate surface area is 118 Å². The van der Waals surface area contributed by atoms with Crippen LogP contribution in [0.1, 0.15) is 11.1 Å². The molecule has 1 aromatic heterocycles. The Hall–Kier alpha value is -2.56. The summed E-state index contributed by atoms with van der Waals surface area (Å²) in [5.74, 6) is 1.25. The van der Waals surface area contributed by atoms with Crippen LogP contribution in [0.5, 0.6) is 5.75 Å². The summed E-state index contributed by atoms with van der Waals surface area (Å²) in [5, 5.41) is 5.27. The van der Waals surface area contributed by atoms with Crippen molar-refractivity contribution in [2.45, 2.75) is 13.8 Å². The number of benzene rings is 1. The first-order valence-corrected chi connectivity index (χ1v) is 6.31. The van der Waals surface area contributed by atoms with Crippen molar-refractivity contribution in [3.05, 3.63) is 53.7 Å². The van der Waals surface area contributed by atoms with E-state index < -0.39 is 0 Å². The predicted octanol–water partition coefficient (Wildman–Crippen LogP) is 2.86. The van der Waals surface area contributed by atoms with Crippen LogP contribution in [0.15, 0.2) is 42.6 Å². The zero-order valence-electron chi connectivity index (χ0n) is 11.5. The molecule has 1 heterocycles. The van der Waals surface area contributed by atoms with E-state index in [2.05, 4.69) is 15.6 Å². The summed E-state index contributed by atoms with van der Waals surface area (Å²) < 4.78 is 5.41. The molecule has 0 bridgehead atoms. The maximum absolute atomic E-state index is 11.7. The summed E-state index contributed by atoms with van der Waals surface area (Å²) in [7, 11) is 0. The fourth-order valence-electron chi connectivity index (χ4n) is 1.59. The highest BCUT2D eigenvalue weighted by molar-refractivity contribution is 5.88. The van der Waals surface area contributed by atoms with Crippen LogP contribution in [0.2, 0.25) is 0 Å². The van der Waals surface area contributed by atoms with Gasteiger partial charge in [0.1, 0.15) is 11.6 Å². The van der Waals surface area contributed by atoms with Crippen LogP contribution in [0.25, 0.3) is 0 Å². The van der Waals surface area contributed by atoms with Gasteiger partial charge < -0.3 is 10.1 Å². The molecule has 0 aliphatic heterocycles. The topological polar surface area (TPSA) is 63.2 Å². The molecule has 1 aromatic carbocycles. The number of carbonyl (C=O) groups is 1. The number of hydrogen-bond donors (Lipinski definition) is 2. The highest BCUT2D eigenvalue weighted by atomic mass is 16.5. The van der Waals surface area contributed by atoms with Gasteiger partial charge in [-0.15, -0.1) is 0 Å². The summed E-state index contributed by atoms with van der Waals surface area (Å²) in [4.78, 5) is 15.7. The Kier molecular flexibility index (Phi) is 4.55. The van der Waals surface area contributed by atoms with Crippen LogP contribution in [0, 0.1) is 13.8 Å². The first kappa shape index (κ1) is 13.9. The number of aryl methyl sites for hydroxylation is 2. The summed E-state index contributed by atoms with van der Waals surface area (Å²) in [6.45, 7) is 3.98. The van der Waals surface area contributed by atoms with Crippen molar-refractivity contribution >= 4 is 11.8 Å². The van der Waals surface area contributed by atoms with Gasteiger partial charge in [0.2, 0.25) is 0 Å². The number of aromatic nitrogens is 1. The standard InChI is InChI=1S/C15H17N3O2/c1-11-5-7-13(8-6-11)20-10-17-15(19)18-14-12(2)4-3-9-16-14/h3-9H,10H2,1-2H3,(H2,16,17,18,19). The smallest absolute Gasteiger partial charge is 0.323 e. The van der Waals surface area contributed by atoms with Crippen molar-refractivity contribution in [1.29, 1.82) is 0 Å². The van der Waals surface area contributed by atoms with Gasteiger partial charge in [-0.05, 0) is 37.6 Å². The predicted molar refractivity (Wildman–Crippen MR) is 77.8 cm³/mol. The van der Waals surface area contributed by atoms with Gasteiger partial charge in [0.25, 0.3) is 0 Å². The number of carbonyl (C=O) groups excluding carboxylic acids is 1. The van der Waals surface area contributed by atoms with E-state index in [1.807, 2.05) is 50.2 Å². The number of nitrogens with zero attached hydrogens (tertiary/aromatic N) is 1. The first-order chi connectivity index (χ1) is 9.65. The lowest BCUT2D eigenvalue weighted by Gasteiger charge is -2.10. The zero-order valence-corrected chi connectivity index (χ0v) is 11.5. The van der Waals surface area contributed by atoms with E-state index in [1.165, 1.54) is 0 Å². The van der Waals surface area contributed by atoms with Crippen molar-refractivity contribution in [2.24, 2.45) is 0 Å². The quantitative estimate of drug-likeness (QED) is 0.840. The molecule has 0 unspecified atom stereocenters. The van der Waals surface area contributed by atoms with Gasteiger partial charge in [0, 0.05) is 6.20 Å². The second-order valence-electron chi connectivity index (χ2n) is 4.40. The minimum absolute atomic E-state index is 0.0980. The van der Waals surface area contributed by atoms with Crippen LogP contribution < -0.4 is 15.4 Å². The number of nitrogens with one attached hydrogen (secondary N) is 2. The number of rotatable bonds is 4. The average Bonchev–Trinajstić information content (AvgIpc) is 2.44. The lowest BCUT2D eigenvalue weighted by molar-refractivity contribution is 0.234. The summed E-state index contributed by atoms with van der Waals surface area (Å²) >= 11 is 0. The molecule has 5 nitrogen and oxygen atoms in total. The second kappa shape index (κ2) is 6.56. The number of pyridine rings is 1. The zero-order chi connectivity index (χ0) is 14.4. The van der Waals surface area contributed by atoms with E-state index in [4.69, 9.17) is 4.74 Å². The minimum atomic E-state index is -0.348. The van der Waals surface area contributed by atoms with Gasteiger partial charge in [-0.3, -0.25) is 5.32 Å². The molecule has 0 spiro atoms. The maximum Gasteiger partial charge on any atom is 0.323 e. The van der Waals surface area contributed by atoms with Crippen LogP contribution in [-0.4, -0.2) is 17.7 Å². The molecule has 0 aliphatic rings. The molecule has 2 aromatic rings. The van der Waals surface area contributed by atoms with Crippen LogP contribution >= 0.6 is 0 Å². The molecule has 2 rings (SSSR count). The molecule has 104 valence electrons. The molecule has 0 saturated carbocycles. The van der Waals surface area contributed by atoms with Crippen LogP contribution in [-0.2, 0) is 0 Å². The first-order valence-electron chi connectivity index (χ1n) is 6.31. The number of anilines is 1. The molecular formula is C15H17N3O2. The lowest BCUT2D eigenvalue weighted by Crippen LogP contribution is -2.32. The number of amides is 2. The molecule has 5 heteroatoms. The Morgan fingerprint density at radius 2 is 1.95 bits per heavy atom. The fraction of sp³-hybridized carbons (Fsp3) is 0.200. The number of hydrogen-bond acceptors (Lipinski definition) is 3. The van der Waals surface area contributed by atoms with Gasteiger partial charge in [-0.2, -0.15) is 0 Å². The highest BCUT2D eigenvalue weighted by Gasteiger charge is 2.04. The third kappa shape index (κ3) is 3.98. The minimum Gasteiger partial charge on any atom is -0.473 e. The molecule has 20 heavy (non-hydrogen) atoms. The van der Waals surface area contributed by atoms with E-state index in [9.17, 15) is 4.79 Å². The largest absolute Gasteiger partial charge is 0.473 e. The van der Waals surface area contributed by atoms with E-state index in [0.717, 1.165) is 11.1 Å². The average molecular weight is 271 g/mol. The van der Waals surface area contributed by atoms with E-state index in [1.54, 1.807) is 6.20 Å². The normalized spacial score (nSPS) is 9.90. The molecule has 0 aliphatic carbocycles. The van der Waals surface area contributed by atoms with Gasteiger partial charge in [-0.1, -0.05) is 23.8 Å². The van der Waals surface area contributed by atoms with Gasteiger partial charge in [-0.25, -0.2) is 9.78 Å². The second-order valence-corrected chi connectivity index (χ2v) is 4.40. The molecule has 0 atom stereocenters. The van der Waals surface area contributed by atoms with Crippen molar-refractivity contribution in [3.8, 4) is 5.75 Å². The third-order valence-corrected chi connectivity index (χ3v) is 2.73. The molecule has 0 fully saturated rings. The number of urea groups is 1. The molecule has 0 radical (unpaired) electrons. The SMILES string of the molecule is Cc1ccc(OCNC(=O)Nc2ncccc2C)cc1. The molecule has 2 amide bonds. The molecule has 0 saturated heterocycles. The van der Waals surface area contributed by atoms with Crippen LogP contribution in [0.3, 0.4) is 0 Å². The van der Waals surface area contributed by atoms with Gasteiger partial charge in [0.15, 0.2) is 6.73 Å². The third-order valence-electron chi connectivity index (χ3n) is 2.73. The van der Waals surface area contributed by atoms with Crippen molar-refractivity contribution in [1.82, 2.24) is 10.3 Å². The van der Waals surface area contributed by atoms with Crippen molar-refractivity contribution in [2.75, 3.05) is 12.0 Å². The maximum atomic E-state index is 11.7. The van der Waals surface area contributed by atoms with E-state index >= 15 is 0 Å². The van der Waals surface area contributed by atoms with Gasteiger partial charge >= 0.3 is 6.03 Å². The van der Waals surface area contributed by atoms with Gasteiger partial charge in [0.05, 0.1) is 0 Å². The summed E-state index contributed by atoms with van der Waals surface area (Å²) in [6.07, 6.45) is 1.63. The van der Waals surface area contributed by atoms with E-state index in [0.29, 0.717) is 11.6 Å². The van der Waals surface area contributed by atoms with Crippen LogP contribution in [0.4, 0.5) is 10.6 Å². The molecule has 2 N–H and O–H groups in total. The Morgan fingerprint density at radius 3 is 2.65 bits per heavy atom. The summed E-state index contributed by atoms with van der Waals surface area (Å²) in [5.41, 5.74) is 2.07. The molecular weight excluding hydrogens is 254 g/mol.